The van der Waals surface area contributed by atoms with Gasteiger partial charge in [0.1, 0.15) is 12.4 Å². The lowest BCUT2D eigenvalue weighted by atomic mass is 10.1. The van der Waals surface area contributed by atoms with Crippen molar-refractivity contribution in [2.75, 3.05) is 13.2 Å². The first-order chi connectivity index (χ1) is 10.1. The molecule has 0 atom stereocenters. The number of ether oxygens (including phenoxy) is 1. The number of aromatic nitrogens is 2. The zero-order valence-corrected chi connectivity index (χ0v) is 11.6. The van der Waals surface area contributed by atoms with Crippen LogP contribution in [0.15, 0.2) is 35.1 Å². The molecule has 0 spiro atoms. The maximum absolute atomic E-state index is 12.0. The van der Waals surface area contributed by atoms with Gasteiger partial charge in [-0.2, -0.15) is 0 Å². The molecule has 1 aromatic carbocycles. The van der Waals surface area contributed by atoms with Gasteiger partial charge in [-0.3, -0.25) is 4.79 Å². The Hall–Kier alpha value is -2.08. The summed E-state index contributed by atoms with van der Waals surface area (Å²) in [7, 11) is 0. The average Bonchev–Trinajstić information content (AvgIpc) is 2.47. The first-order valence-corrected chi connectivity index (χ1v) is 6.59. The van der Waals surface area contributed by atoms with Crippen molar-refractivity contribution < 1.29 is 13.5 Å². The molecule has 0 amide bonds. The Balaban J connectivity index is 2.17. The van der Waals surface area contributed by atoms with Gasteiger partial charge in [-0.1, -0.05) is 30.3 Å². The zero-order valence-electron chi connectivity index (χ0n) is 11.6. The van der Waals surface area contributed by atoms with Gasteiger partial charge >= 0.3 is 0 Å². The van der Waals surface area contributed by atoms with Crippen LogP contribution in [-0.2, 0) is 11.2 Å². The van der Waals surface area contributed by atoms with E-state index in [-0.39, 0.29) is 18.6 Å². The van der Waals surface area contributed by atoms with E-state index < -0.39 is 13.0 Å². The van der Waals surface area contributed by atoms with Crippen molar-refractivity contribution in [3.05, 3.63) is 52.1 Å². The molecule has 112 valence electrons. The van der Waals surface area contributed by atoms with E-state index in [9.17, 15) is 13.6 Å². The molecule has 4 nitrogen and oxygen atoms in total. The number of hydrogen-bond acceptors (Lipinski definition) is 3. The maximum Gasteiger partial charge on any atom is 0.261 e. The van der Waals surface area contributed by atoms with Crippen molar-refractivity contribution in [3.63, 3.8) is 0 Å². The number of nitrogens with zero attached hydrogens (tertiary/aromatic N) is 1. The second-order valence-corrected chi connectivity index (χ2v) is 4.57. The molecule has 0 aliphatic rings. The molecule has 0 fully saturated rings. The number of hydrogen-bond donors (Lipinski definition) is 1. The van der Waals surface area contributed by atoms with E-state index in [1.807, 2.05) is 30.3 Å². The van der Waals surface area contributed by atoms with Gasteiger partial charge in [-0.15, -0.1) is 0 Å². The molecule has 21 heavy (non-hydrogen) atoms. The van der Waals surface area contributed by atoms with Crippen LogP contribution < -0.4 is 5.56 Å². The number of rotatable bonds is 6. The predicted octanol–water partition coefficient (Wildman–Crippen LogP) is 2.57. The topological polar surface area (TPSA) is 55.0 Å². The third kappa shape index (κ3) is 4.19. The Bertz CT molecular complexity index is 642. The van der Waals surface area contributed by atoms with Crippen LogP contribution in [0.2, 0.25) is 0 Å². The highest BCUT2D eigenvalue weighted by Gasteiger charge is 2.10. The third-order valence-corrected chi connectivity index (χ3v) is 2.97. The number of H-pyrrole nitrogens is 1. The van der Waals surface area contributed by atoms with Crippen LogP contribution >= 0.6 is 0 Å². The van der Waals surface area contributed by atoms with E-state index in [1.54, 1.807) is 6.92 Å². The smallest absolute Gasteiger partial charge is 0.261 e. The molecule has 0 saturated carbocycles. The first kappa shape index (κ1) is 15.3. The van der Waals surface area contributed by atoms with Gasteiger partial charge in [0, 0.05) is 17.5 Å². The molecular formula is C15H16F2N2O2. The fourth-order valence-electron chi connectivity index (χ4n) is 1.92. The Kier molecular flexibility index (Phi) is 5.16. The zero-order chi connectivity index (χ0) is 15.2. The van der Waals surface area contributed by atoms with Crippen LogP contribution in [0.5, 0.6) is 0 Å². The monoisotopic (exact) mass is 294 g/mol. The van der Waals surface area contributed by atoms with E-state index in [0.29, 0.717) is 17.1 Å². The van der Waals surface area contributed by atoms with Crippen LogP contribution in [0.3, 0.4) is 0 Å². The Morgan fingerprint density at radius 3 is 2.67 bits per heavy atom. The summed E-state index contributed by atoms with van der Waals surface area (Å²) in [6.45, 7) is 1.18. The number of alkyl halides is 2. The number of halogens is 2. The minimum atomic E-state index is -2.49. The first-order valence-electron chi connectivity index (χ1n) is 6.59. The van der Waals surface area contributed by atoms with E-state index in [0.717, 1.165) is 5.56 Å². The molecule has 0 aliphatic heterocycles. The highest BCUT2D eigenvalue weighted by atomic mass is 19.3. The summed E-state index contributed by atoms with van der Waals surface area (Å²) in [4.78, 5) is 19.0. The fourth-order valence-corrected chi connectivity index (χ4v) is 1.92. The van der Waals surface area contributed by atoms with Crippen molar-refractivity contribution in [3.8, 4) is 11.3 Å². The molecular weight excluding hydrogens is 278 g/mol. The summed E-state index contributed by atoms with van der Waals surface area (Å²) in [5, 5.41) is 0. The fraction of sp³-hybridized carbons (Fsp3) is 0.333. The summed E-state index contributed by atoms with van der Waals surface area (Å²) >= 11 is 0. The molecule has 0 saturated heterocycles. The van der Waals surface area contributed by atoms with E-state index in [2.05, 4.69) is 9.97 Å². The molecule has 1 aromatic heterocycles. The van der Waals surface area contributed by atoms with Crippen LogP contribution in [0, 0.1) is 6.92 Å². The van der Waals surface area contributed by atoms with Gasteiger partial charge in [-0.25, -0.2) is 13.8 Å². The van der Waals surface area contributed by atoms with Gasteiger partial charge in [0.2, 0.25) is 0 Å². The molecule has 2 rings (SSSR count). The Morgan fingerprint density at radius 1 is 1.29 bits per heavy atom. The van der Waals surface area contributed by atoms with E-state index in [1.165, 1.54) is 0 Å². The minimum Gasteiger partial charge on any atom is -0.375 e. The quantitative estimate of drug-likeness (QED) is 0.833. The number of benzene rings is 1. The van der Waals surface area contributed by atoms with Crippen LogP contribution in [0.1, 0.15) is 11.4 Å². The normalized spacial score (nSPS) is 11.0. The second kappa shape index (κ2) is 7.08. The number of nitrogens with one attached hydrogen (secondary N) is 1. The highest BCUT2D eigenvalue weighted by molar-refractivity contribution is 5.62. The van der Waals surface area contributed by atoms with Gasteiger partial charge in [0.25, 0.3) is 12.0 Å². The lowest BCUT2D eigenvalue weighted by molar-refractivity contribution is 0.0183. The lowest BCUT2D eigenvalue weighted by Crippen LogP contribution is -2.18. The molecule has 1 heterocycles. The van der Waals surface area contributed by atoms with Crippen molar-refractivity contribution in [1.82, 2.24) is 9.97 Å². The van der Waals surface area contributed by atoms with Gasteiger partial charge in [0.05, 0.1) is 12.3 Å². The Morgan fingerprint density at radius 2 is 2.00 bits per heavy atom. The van der Waals surface area contributed by atoms with Crippen LogP contribution in [0.25, 0.3) is 11.3 Å². The standard InChI is InChI=1S/C15H16F2N2O2/c1-10-14(11-5-3-2-4-6-11)18-13(19-15(10)20)7-8-21-9-12(16)17/h2-6,12H,7-9H2,1H3,(H,18,19,20). The highest BCUT2D eigenvalue weighted by Crippen LogP contribution is 2.18. The SMILES string of the molecule is Cc1c(-c2ccccc2)nc(CCOCC(F)F)[nH]c1=O. The maximum atomic E-state index is 12.0. The summed E-state index contributed by atoms with van der Waals surface area (Å²) in [5.41, 5.74) is 1.74. The predicted molar refractivity (Wildman–Crippen MR) is 75.6 cm³/mol. The molecule has 0 unspecified atom stereocenters. The molecule has 0 bridgehead atoms. The summed E-state index contributed by atoms with van der Waals surface area (Å²) in [6, 6.07) is 9.34. The lowest BCUT2D eigenvalue weighted by Gasteiger charge is -2.08. The van der Waals surface area contributed by atoms with E-state index in [4.69, 9.17) is 4.74 Å². The molecule has 0 aliphatic carbocycles. The second-order valence-electron chi connectivity index (χ2n) is 4.57. The summed E-state index contributed by atoms with van der Waals surface area (Å²) < 4.78 is 28.7. The summed E-state index contributed by atoms with van der Waals surface area (Å²) in [6.07, 6.45) is -2.21. The average molecular weight is 294 g/mol. The van der Waals surface area contributed by atoms with E-state index >= 15 is 0 Å². The van der Waals surface area contributed by atoms with Gasteiger partial charge in [0.15, 0.2) is 0 Å². The van der Waals surface area contributed by atoms with Crippen LogP contribution in [0.4, 0.5) is 8.78 Å². The van der Waals surface area contributed by atoms with Gasteiger partial charge in [-0.05, 0) is 6.92 Å². The van der Waals surface area contributed by atoms with Crippen molar-refractivity contribution in [1.29, 1.82) is 0 Å². The van der Waals surface area contributed by atoms with Crippen molar-refractivity contribution in [2.24, 2.45) is 0 Å². The third-order valence-electron chi connectivity index (χ3n) is 2.97. The molecule has 0 radical (unpaired) electrons. The van der Waals surface area contributed by atoms with Crippen molar-refractivity contribution >= 4 is 0 Å². The van der Waals surface area contributed by atoms with Crippen LogP contribution in [-0.4, -0.2) is 29.6 Å². The van der Waals surface area contributed by atoms with Crippen molar-refractivity contribution in [2.45, 2.75) is 19.8 Å². The molecule has 1 N–H and O–H groups in total. The van der Waals surface area contributed by atoms with Gasteiger partial charge < -0.3 is 9.72 Å². The minimum absolute atomic E-state index is 0.0879. The molecule has 2 aromatic rings. The summed E-state index contributed by atoms with van der Waals surface area (Å²) in [5.74, 6) is 0.429. The molecule has 6 heteroatoms. The number of aromatic amines is 1. The largest absolute Gasteiger partial charge is 0.375 e. The Labute approximate surface area is 120 Å².